The molecule has 1 aliphatic heterocycles. The number of esters is 1. The van der Waals surface area contributed by atoms with Crippen LogP contribution in [0.25, 0.3) is 0 Å². The van der Waals surface area contributed by atoms with E-state index in [0.717, 1.165) is 11.8 Å². The van der Waals surface area contributed by atoms with Crippen molar-refractivity contribution in [1.82, 2.24) is 10.2 Å². The van der Waals surface area contributed by atoms with E-state index in [1.165, 1.54) is 19.1 Å². The van der Waals surface area contributed by atoms with Crippen molar-refractivity contribution in [1.29, 1.82) is 0 Å². The molecule has 19 heavy (non-hydrogen) atoms. The third-order valence-corrected chi connectivity index (χ3v) is 3.54. The van der Waals surface area contributed by atoms with E-state index >= 15 is 0 Å². The van der Waals surface area contributed by atoms with Gasteiger partial charge in [-0.1, -0.05) is 11.8 Å². The van der Waals surface area contributed by atoms with Gasteiger partial charge in [0.25, 0.3) is 5.24 Å². The summed E-state index contributed by atoms with van der Waals surface area (Å²) in [6, 6.07) is -0.521. The monoisotopic (exact) mass is 290 g/mol. The van der Waals surface area contributed by atoms with Crippen molar-refractivity contribution in [2.75, 3.05) is 39.7 Å². The Morgan fingerprint density at radius 1 is 1.42 bits per heavy atom. The van der Waals surface area contributed by atoms with Crippen LogP contribution in [0.15, 0.2) is 0 Å². The van der Waals surface area contributed by atoms with E-state index in [1.54, 1.807) is 0 Å². The highest BCUT2D eigenvalue weighted by atomic mass is 32.2. The number of nitrogens with zero attached hydrogens (tertiary/aromatic N) is 1. The summed E-state index contributed by atoms with van der Waals surface area (Å²) in [7, 11) is 2.84. The molecule has 0 bridgehead atoms. The average molecular weight is 290 g/mol. The molecule has 0 aliphatic carbocycles. The summed E-state index contributed by atoms with van der Waals surface area (Å²) in [5.74, 6) is -0.154. The van der Waals surface area contributed by atoms with E-state index in [9.17, 15) is 14.4 Å². The lowest BCUT2D eigenvalue weighted by Crippen LogP contribution is -2.47. The SMILES string of the molecule is COCCN(CCC(=O)OC)C(=O)C1CSC(=O)N1. The number of rotatable bonds is 7. The maximum Gasteiger partial charge on any atom is 0.307 e. The largest absolute Gasteiger partial charge is 0.469 e. The van der Waals surface area contributed by atoms with E-state index in [-0.39, 0.29) is 30.1 Å². The summed E-state index contributed by atoms with van der Waals surface area (Å²) in [6.07, 6.45) is 0.125. The van der Waals surface area contributed by atoms with Crippen LogP contribution in [0.1, 0.15) is 6.42 Å². The Kier molecular flexibility index (Phi) is 6.65. The zero-order chi connectivity index (χ0) is 14.3. The predicted octanol–water partition coefficient (Wildman–Crippen LogP) is -0.150. The molecule has 1 aliphatic rings. The van der Waals surface area contributed by atoms with Crippen molar-refractivity contribution in [2.45, 2.75) is 12.5 Å². The number of amides is 2. The number of carbonyl (C=O) groups is 3. The van der Waals surface area contributed by atoms with Gasteiger partial charge in [-0.2, -0.15) is 0 Å². The first-order chi connectivity index (χ1) is 9.08. The van der Waals surface area contributed by atoms with Crippen molar-refractivity contribution >= 4 is 28.9 Å². The molecular weight excluding hydrogens is 272 g/mol. The summed E-state index contributed by atoms with van der Waals surface area (Å²) >= 11 is 1.08. The number of thioether (sulfide) groups is 1. The van der Waals surface area contributed by atoms with E-state index in [4.69, 9.17) is 4.74 Å². The standard InChI is InChI=1S/C11H18N2O5S/c1-17-6-5-13(4-3-9(14)18-2)10(15)8-7-19-11(16)12-8/h8H,3-7H2,1-2H3,(H,12,16). The molecule has 8 heteroatoms. The van der Waals surface area contributed by atoms with E-state index in [1.807, 2.05) is 0 Å². The Bertz CT molecular complexity index is 350. The average Bonchev–Trinajstić information content (AvgIpc) is 2.84. The molecule has 0 aromatic carbocycles. The summed E-state index contributed by atoms with van der Waals surface area (Å²) in [6.45, 7) is 1.01. The molecule has 108 valence electrons. The van der Waals surface area contributed by atoms with E-state index < -0.39 is 6.04 Å². The second-order valence-electron chi connectivity index (χ2n) is 3.94. The molecule has 0 radical (unpaired) electrons. The van der Waals surface area contributed by atoms with Gasteiger partial charge in [-0.15, -0.1) is 0 Å². The van der Waals surface area contributed by atoms with Crippen LogP contribution >= 0.6 is 11.8 Å². The van der Waals surface area contributed by atoms with Crippen molar-refractivity contribution in [3.8, 4) is 0 Å². The minimum atomic E-state index is -0.521. The van der Waals surface area contributed by atoms with Gasteiger partial charge in [-0.05, 0) is 0 Å². The summed E-state index contributed by atoms with van der Waals surface area (Å²) < 4.78 is 9.48. The number of carbonyl (C=O) groups excluding carboxylic acids is 3. The minimum absolute atomic E-state index is 0.125. The Balaban J connectivity index is 2.53. The quantitative estimate of drug-likeness (QED) is 0.656. The van der Waals surface area contributed by atoms with Gasteiger partial charge in [0, 0.05) is 26.0 Å². The fourth-order valence-corrected chi connectivity index (χ4v) is 2.37. The maximum absolute atomic E-state index is 12.2. The highest BCUT2D eigenvalue weighted by Gasteiger charge is 2.31. The first-order valence-electron chi connectivity index (χ1n) is 5.86. The molecule has 1 heterocycles. The third-order valence-electron chi connectivity index (χ3n) is 2.66. The second kappa shape index (κ2) is 8.00. The summed E-state index contributed by atoms with van der Waals surface area (Å²) in [5.41, 5.74) is 0. The van der Waals surface area contributed by atoms with Crippen LogP contribution in [0.3, 0.4) is 0 Å². The first kappa shape index (κ1) is 15.8. The fraction of sp³-hybridized carbons (Fsp3) is 0.727. The number of methoxy groups -OCH3 is 2. The van der Waals surface area contributed by atoms with Gasteiger partial charge in [0.1, 0.15) is 6.04 Å². The van der Waals surface area contributed by atoms with Crippen molar-refractivity contribution in [3.63, 3.8) is 0 Å². The molecular formula is C11H18N2O5S. The lowest BCUT2D eigenvalue weighted by molar-refractivity contribution is -0.142. The molecule has 1 N–H and O–H groups in total. The molecule has 1 atom stereocenters. The van der Waals surface area contributed by atoms with E-state index in [2.05, 4.69) is 10.1 Å². The number of ether oxygens (including phenoxy) is 2. The Labute approximate surface area is 116 Å². The van der Waals surface area contributed by atoms with Crippen LogP contribution in [-0.4, -0.2) is 67.7 Å². The molecule has 7 nitrogen and oxygen atoms in total. The highest BCUT2D eigenvalue weighted by molar-refractivity contribution is 8.14. The third kappa shape index (κ3) is 5.07. The van der Waals surface area contributed by atoms with Gasteiger partial charge in [0.2, 0.25) is 5.91 Å². The van der Waals surface area contributed by atoms with Gasteiger partial charge in [-0.3, -0.25) is 14.4 Å². The lowest BCUT2D eigenvalue weighted by Gasteiger charge is -2.24. The van der Waals surface area contributed by atoms with Crippen LogP contribution in [0.5, 0.6) is 0 Å². The summed E-state index contributed by atoms with van der Waals surface area (Å²) in [4.78, 5) is 35.9. The maximum atomic E-state index is 12.2. The zero-order valence-electron chi connectivity index (χ0n) is 11.0. The van der Waals surface area contributed by atoms with Crippen molar-refractivity contribution < 1.29 is 23.9 Å². The number of hydrogen-bond donors (Lipinski definition) is 1. The van der Waals surface area contributed by atoms with Crippen LogP contribution in [0, 0.1) is 0 Å². The van der Waals surface area contributed by atoms with Crippen LogP contribution in [0.2, 0.25) is 0 Å². The second-order valence-corrected chi connectivity index (χ2v) is 4.93. The van der Waals surface area contributed by atoms with Crippen molar-refractivity contribution in [3.05, 3.63) is 0 Å². The van der Waals surface area contributed by atoms with Gasteiger partial charge in [-0.25, -0.2) is 0 Å². The van der Waals surface area contributed by atoms with Crippen LogP contribution in [0.4, 0.5) is 4.79 Å². The van der Waals surface area contributed by atoms with Gasteiger partial charge in [0.15, 0.2) is 0 Å². The van der Waals surface area contributed by atoms with E-state index in [0.29, 0.717) is 18.9 Å². The number of hydrogen-bond acceptors (Lipinski definition) is 6. The molecule has 1 saturated heterocycles. The lowest BCUT2D eigenvalue weighted by atomic mass is 10.2. The fourth-order valence-electron chi connectivity index (χ4n) is 1.60. The molecule has 1 unspecified atom stereocenters. The first-order valence-corrected chi connectivity index (χ1v) is 6.85. The summed E-state index contributed by atoms with van der Waals surface area (Å²) in [5, 5.41) is 2.39. The molecule has 0 aromatic heterocycles. The Morgan fingerprint density at radius 3 is 2.68 bits per heavy atom. The highest BCUT2D eigenvalue weighted by Crippen LogP contribution is 2.15. The molecule has 1 fully saturated rings. The number of nitrogens with one attached hydrogen (secondary N) is 1. The minimum Gasteiger partial charge on any atom is -0.469 e. The zero-order valence-corrected chi connectivity index (χ0v) is 11.8. The van der Waals surface area contributed by atoms with Crippen molar-refractivity contribution in [2.24, 2.45) is 0 Å². The molecule has 0 aromatic rings. The van der Waals surface area contributed by atoms with Gasteiger partial charge >= 0.3 is 5.97 Å². The van der Waals surface area contributed by atoms with Crippen LogP contribution < -0.4 is 5.32 Å². The molecule has 0 spiro atoms. The van der Waals surface area contributed by atoms with Gasteiger partial charge < -0.3 is 19.7 Å². The molecule has 0 saturated carbocycles. The smallest absolute Gasteiger partial charge is 0.307 e. The predicted molar refractivity (Wildman–Crippen MR) is 69.9 cm³/mol. The Morgan fingerprint density at radius 2 is 2.16 bits per heavy atom. The Hall–Kier alpha value is -1.28. The van der Waals surface area contributed by atoms with Gasteiger partial charge in [0.05, 0.1) is 20.1 Å². The topological polar surface area (TPSA) is 84.9 Å². The molecule has 2 amide bonds. The van der Waals surface area contributed by atoms with Crippen LogP contribution in [-0.2, 0) is 19.1 Å². The normalized spacial score (nSPS) is 18.0. The molecule has 1 rings (SSSR count).